The van der Waals surface area contributed by atoms with Gasteiger partial charge in [-0.25, -0.2) is 9.78 Å². The van der Waals surface area contributed by atoms with Crippen molar-refractivity contribution in [3.63, 3.8) is 0 Å². The van der Waals surface area contributed by atoms with Gasteiger partial charge < -0.3 is 9.84 Å². The lowest BCUT2D eigenvalue weighted by atomic mass is 10.2. The summed E-state index contributed by atoms with van der Waals surface area (Å²) in [4.78, 5) is 14.9. The molecule has 3 aromatic rings. The molecule has 0 fully saturated rings. The zero-order valence-corrected chi connectivity index (χ0v) is 12.6. The minimum Gasteiger partial charge on any atom is -0.476 e. The smallest absolute Gasteiger partial charge is 0.355 e. The van der Waals surface area contributed by atoms with Crippen molar-refractivity contribution in [1.82, 2.24) is 4.98 Å². The van der Waals surface area contributed by atoms with Gasteiger partial charge in [-0.3, -0.25) is 0 Å². The molecule has 0 unspecified atom stereocenters. The largest absolute Gasteiger partial charge is 0.476 e. The Balaban J connectivity index is 1.78. The third-order valence-corrected chi connectivity index (χ3v) is 3.94. The average Bonchev–Trinajstić information content (AvgIpc) is 2.98. The molecule has 0 aliphatic carbocycles. The molecule has 0 bridgehead atoms. The van der Waals surface area contributed by atoms with E-state index in [2.05, 4.69) is 4.98 Å². The second kappa shape index (κ2) is 5.99. The molecule has 2 aromatic carbocycles. The molecule has 0 saturated carbocycles. The molecule has 5 heteroatoms. The molecule has 4 nitrogen and oxygen atoms in total. The Morgan fingerprint density at radius 2 is 1.91 bits per heavy atom. The topological polar surface area (TPSA) is 59.4 Å². The van der Waals surface area contributed by atoms with Crippen molar-refractivity contribution in [2.24, 2.45) is 0 Å². The van der Waals surface area contributed by atoms with E-state index in [0.29, 0.717) is 5.01 Å². The zero-order chi connectivity index (χ0) is 15.5. The predicted octanol–water partition coefficient (Wildman–Crippen LogP) is 4.61. The molecule has 0 spiro atoms. The van der Waals surface area contributed by atoms with Gasteiger partial charge in [0.05, 0.1) is 0 Å². The Hall–Kier alpha value is -2.66. The first-order valence-electron chi connectivity index (χ1n) is 6.65. The first-order chi connectivity index (χ1) is 10.6. The van der Waals surface area contributed by atoms with Crippen molar-refractivity contribution >= 4 is 17.3 Å². The van der Waals surface area contributed by atoms with Crippen LogP contribution in [0.3, 0.4) is 0 Å². The van der Waals surface area contributed by atoms with Crippen molar-refractivity contribution < 1.29 is 14.6 Å². The monoisotopic (exact) mass is 311 g/mol. The van der Waals surface area contributed by atoms with Crippen LogP contribution in [0.5, 0.6) is 11.5 Å². The molecule has 110 valence electrons. The van der Waals surface area contributed by atoms with E-state index in [1.807, 2.05) is 55.5 Å². The first kappa shape index (κ1) is 14.3. The Bertz CT molecular complexity index is 809. The van der Waals surface area contributed by atoms with E-state index in [1.54, 1.807) is 0 Å². The van der Waals surface area contributed by atoms with Crippen molar-refractivity contribution in [1.29, 1.82) is 0 Å². The van der Waals surface area contributed by atoms with Gasteiger partial charge >= 0.3 is 5.97 Å². The minimum absolute atomic E-state index is 0.0695. The molecule has 0 saturated heterocycles. The second-order valence-electron chi connectivity index (χ2n) is 4.79. The summed E-state index contributed by atoms with van der Waals surface area (Å²) in [7, 11) is 0. The van der Waals surface area contributed by atoms with Crippen molar-refractivity contribution in [2.75, 3.05) is 0 Å². The van der Waals surface area contributed by atoms with Gasteiger partial charge in [0.2, 0.25) is 0 Å². The van der Waals surface area contributed by atoms with Gasteiger partial charge in [-0.15, -0.1) is 11.3 Å². The van der Waals surface area contributed by atoms with Crippen LogP contribution < -0.4 is 4.74 Å². The molecular weight excluding hydrogens is 298 g/mol. The van der Waals surface area contributed by atoms with E-state index in [4.69, 9.17) is 9.84 Å². The van der Waals surface area contributed by atoms with Gasteiger partial charge in [0.15, 0.2) is 5.69 Å². The van der Waals surface area contributed by atoms with Crippen LogP contribution >= 0.6 is 11.3 Å². The molecule has 0 aliphatic heterocycles. The number of hydrogen-bond donors (Lipinski definition) is 1. The van der Waals surface area contributed by atoms with Gasteiger partial charge in [0.25, 0.3) is 0 Å². The van der Waals surface area contributed by atoms with E-state index < -0.39 is 5.97 Å². The van der Waals surface area contributed by atoms with E-state index in [0.717, 1.165) is 22.6 Å². The van der Waals surface area contributed by atoms with E-state index in [9.17, 15) is 4.79 Å². The van der Waals surface area contributed by atoms with Crippen LogP contribution in [-0.2, 0) is 0 Å². The lowest BCUT2D eigenvalue weighted by Gasteiger charge is -2.06. The van der Waals surface area contributed by atoms with E-state index >= 15 is 0 Å². The molecule has 0 amide bonds. The maximum Gasteiger partial charge on any atom is 0.355 e. The SMILES string of the molecule is Cc1cccc(Oc2ccc(-c3nc(C(=O)O)cs3)cc2)c1. The van der Waals surface area contributed by atoms with Gasteiger partial charge in [-0.2, -0.15) is 0 Å². The maximum atomic E-state index is 10.9. The number of nitrogens with zero attached hydrogens (tertiary/aromatic N) is 1. The van der Waals surface area contributed by atoms with E-state index in [-0.39, 0.29) is 5.69 Å². The molecule has 0 aliphatic rings. The second-order valence-corrected chi connectivity index (χ2v) is 5.64. The molecule has 0 atom stereocenters. The number of aromatic carboxylic acids is 1. The molecule has 1 aromatic heterocycles. The Morgan fingerprint density at radius 3 is 2.55 bits per heavy atom. The fourth-order valence-electron chi connectivity index (χ4n) is 1.99. The van der Waals surface area contributed by atoms with Gasteiger partial charge in [-0.1, -0.05) is 12.1 Å². The number of carbonyl (C=O) groups is 1. The minimum atomic E-state index is -1.01. The number of aryl methyl sites for hydroxylation is 1. The van der Waals surface area contributed by atoms with Crippen LogP contribution in [0.25, 0.3) is 10.6 Å². The number of hydrogen-bond acceptors (Lipinski definition) is 4. The number of benzene rings is 2. The molecule has 0 radical (unpaired) electrons. The summed E-state index contributed by atoms with van der Waals surface area (Å²) in [5.41, 5.74) is 2.08. The molecular formula is C17H13NO3S. The average molecular weight is 311 g/mol. The Labute approximate surface area is 131 Å². The van der Waals surface area contributed by atoms with Crippen LogP contribution in [0.4, 0.5) is 0 Å². The van der Waals surface area contributed by atoms with Crippen molar-refractivity contribution in [2.45, 2.75) is 6.92 Å². The molecule has 3 rings (SSSR count). The number of ether oxygens (including phenoxy) is 1. The van der Waals surface area contributed by atoms with Crippen LogP contribution in [0, 0.1) is 6.92 Å². The fourth-order valence-corrected chi connectivity index (χ4v) is 2.79. The summed E-state index contributed by atoms with van der Waals surface area (Å²) < 4.78 is 5.78. The fraction of sp³-hybridized carbons (Fsp3) is 0.0588. The molecule has 1 N–H and O–H groups in total. The van der Waals surface area contributed by atoms with Crippen LogP contribution in [-0.4, -0.2) is 16.1 Å². The Kier molecular flexibility index (Phi) is 3.89. The highest BCUT2D eigenvalue weighted by Crippen LogP contribution is 2.28. The van der Waals surface area contributed by atoms with Gasteiger partial charge in [0, 0.05) is 10.9 Å². The summed E-state index contributed by atoms with van der Waals surface area (Å²) in [5, 5.41) is 11.1. The summed E-state index contributed by atoms with van der Waals surface area (Å²) in [6, 6.07) is 15.3. The number of carboxylic acids is 1. The van der Waals surface area contributed by atoms with Gasteiger partial charge in [0.1, 0.15) is 16.5 Å². The standard InChI is InChI=1S/C17H13NO3S/c1-11-3-2-4-14(9-11)21-13-7-5-12(6-8-13)16-18-15(10-22-16)17(19)20/h2-10H,1H3,(H,19,20). The van der Waals surface area contributed by atoms with E-state index in [1.165, 1.54) is 16.7 Å². The lowest BCUT2D eigenvalue weighted by molar-refractivity contribution is 0.0691. The molecule has 22 heavy (non-hydrogen) atoms. The highest BCUT2D eigenvalue weighted by atomic mass is 32.1. The lowest BCUT2D eigenvalue weighted by Crippen LogP contribution is -1.95. The van der Waals surface area contributed by atoms with Gasteiger partial charge in [-0.05, 0) is 48.9 Å². The summed E-state index contributed by atoms with van der Waals surface area (Å²) in [6.07, 6.45) is 0. The summed E-state index contributed by atoms with van der Waals surface area (Å²) in [5.74, 6) is 0.501. The van der Waals surface area contributed by atoms with Crippen LogP contribution in [0.1, 0.15) is 16.1 Å². The molecule has 1 heterocycles. The van der Waals surface area contributed by atoms with Crippen LogP contribution in [0.2, 0.25) is 0 Å². The summed E-state index contributed by atoms with van der Waals surface area (Å²) in [6.45, 7) is 2.01. The Morgan fingerprint density at radius 1 is 1.14 bits per heavy atom. The normalized spacial score (nSPS) is 10.4. The number of thiazole rings is 1. The quantitative estimate of drug-likeness (QED) is 0.764. The van der Waals surface area contributed by atoms with Crippen molar-refractivity contribution in [3.8, 4) is 22.1 Å². The predicted molar refractivity (Wildman–Crippen MR) is 85.8 cm³/mol. The van der Waals surface area contributed by atoms with Crippen LogP contribution in [0.15, 0.2) is 53.9 Å². The van der Waals surface area contributed by atoms with Crippen molar-refractivity contribution in [3.05, 3.63) is 65.2 Å². The number of carboxylic acid groups (broad SMARTS) is 1. The zero-order valence-electron chi connectivity index (χ0n) is 11.8. The third-order valence-electron chi connectivity index (χ3n) is 3.05. The third kappa shape index (κ3) is 3.15. The maximum absolute atomic E-state index is 10.9. The number of aromatic nitrogens is 1. The number of rotatable bonds is 4. The highest BCUT2D eigenvalue weighted by Gasteiger charge is 2.10. The summed E-state index contributed by atoms with van der Waals surface area (Å²) >= 11 is 1.31. The highest BCUT2D eigenvalue weighted by molar-refractivity contribution is 7.13. The first-order valence-corrected chi connectivity index (χ1v) is 7.53.